The number of hydrogen-bond acceptors (Lipinski definition) is 3. The minimum absolute atomic E-state index is 0. The van der Waals surface area contributed by atoms with E-state index in [1.807, 2.05) is 63.2 Å². The summed E-state index contributed by atoms with van der Waals surface area (Å²) in [5.41, 5.74) is 3.32. The summed E-state index contributed by atoms with van der Waals surface area (Å²) in [6.45, 7) is 6.79. The van der Waals surface area contributed by atoms with Crippen molar-refractivity contribution in [2.24, 2.45) is 0 Å². The van der Waals surface area contributed by atoms with E-state index >= 15 is 0 Å². The molecule has 0 amide bonds. The first-order valence-electron chi connectivity index (χ1n) is 7.82. The van der Waals surface area contributed by atoms with Crippen LogP contribution in [0.2, 0.25) is 5.02 Å². The number of benzene rings is 2. The van der Waals surface area contributed by atoms with Gasteiger partial charge in [0.1, 0.15) is 18.5 Å². The molecule has 2 aromatic rings. The van der Waals surface area contributed by atoms with Gasteiger partial charge in [-0.1, -0.05) is 35.9 Å². The third-order valence-corrected chi connectivity index (χ3v) is 4.02. The van der Waals surface area contributed by atoms with Gasteiger partial charge in [0, 0.05) is 17.6 Å². The number of aliphatic hydroxyl groups is 1. The average Bonchev–Trinajstić information content (AvgIpc) is 2.53. The molecule has 132 valence electrons. The number of aliphatic hydroxyl groups excluding tert-OH is 1. The van der Waals surface area contributed by atoms with Gasteiger partial charge in [0.2, 0.25) is 0 Å². The first-order chi connectivity index (χ1) is 11.0. The molecule has 0 saturated heterocycles. The van der Waals surface area contributed by atoms with Crippen molar-refractivity contribution in [1.29, 1.82) is 0 Å². The molecular weight excluding hydrogens is 345 g/mol. The van der Waals surface area contributed by atoms with Crippen LogP contribution in [0.1, 0.15) is 29.7 Å². The maximum atomic E-state index is 10.1. The summed E-state index contributed by atoms with van der Waals surface area (Å²) in [5.74, 6) is 0.826. The highest BCUT2D eigenvalue weighted by molar-refractivity contribution is 6.30. The molecule has 0 fully saturated rings. The molecule has 0 heterocycles. The van der Waals surface area contributed by atoms with Crippen LogP contribution >= 0.6 is 24.0 Å². The van der Waals surface area contributed by atoms with Crippen LogP contribution in [0.15, 0.2) is 42.5 Å². The lowest BCUT2D eigenvalue weighted by Crippen LogP contribution is -2.33. The van der Waals surface area contributed by atoms with Crippen molar-refractivity contribution in [2.45, 2.75) is 32.9 Å². The second-order valence-corrected chi connectivity index (χ2v) is 6.36. The molecule has 2 unspecified atom stereocenters. The molecule has 2 N–H and O–H groups in total. The molecule has 0 spiro atoms. The Balaban J connectivity index is 0.00000288. The van der Waals surface area contributed by atoms with Crippen LogP contribution in [0.5, 0.6) is 5.75 Å². The zero-order valence-corrected chi connectivity index (χ0v) is 15.8. The fourth-order valence-electron chi connectivity index (χ4n) is 2.31. The maximum Gasteiger partial charge on any atom is 0.122 e. The van der Waals surface area contributed by atoms with E-state index in [1.54, 1.807) is 0 Å². The van der Waals surface area contributed by atoms with Crippen molar-refractivity contribution in [3.05, 3.63) is 64.2 Å². The van der Waals surface area contributed by atoms with E-state index in [1.165, 1.54) is 0 Å². The van der Waals surface area contributed by atoms with Gasteiger partial charge in [-0.2, -0.15) is 0 Å². The van der Waals surface area contributed by atoms with E-state index in [2.05, 4.69) is 5.32 Å². The van der Waals surface area contributed by atoms with Gasteiger partial charge in [0.15, 0.2) is 0 Å². The van der Waals surface area contributed by atoms with Crippen LogP contribution in [0, 0.1) is 13.8 Å². The Bertz CT molecular complexity index is 649. The standard InChI is InChI=1S/C19H24ClNO2.ClH/c1-13-7-8-14(2)19(9-13)23-12-18(22)11-21-15(3)16-5-4-6-17(20)10-16;/h4-10,15,18,21-22H,11-12H2,1-3H3;1H. The second kappa shape index (κ2) is 9.90. The van der Waals surface area contributed by atoms with Crippen molar-refractivity contribution in [3.63, 3.8) is 0 Å². The first kappa shape index (κ1) is 20.8. The Kier molecular flexibility index (Phi) is 8.57. The van der Waals surface area contributed by atoms with Crippen LogP contribution in [0.3, 0.4) is 0 Å². The first-order valence-corrected chi connectivity index (χ1v) is 8.20. The molecule has 0 radical (unpaired) electrons. The molecule has 24 heavy (non-hydrogen) atoms. The summed E-state index contributed by atoms with van der Waals surface area (Å²) in [5, 5.41) is 14.1. The largest absolute Gasteiger partial charge is 0.491 e. The quantitative estimate of drug-likeness (QED) is 0.756. The molecule has 3 nitrogen and oxygen atoms in total. The molecular formula is C19H25Cl2NO2. The molecule has 0 aliphatic rings. The van der Waals surface area contributed by atoms with Gasteiger partial charge in [-0.3, -0.25) is 0 Å². The zero-order chi connectivity index (χ0) is 16.8. The number of rotatable bonds is 7. The number of aryl methyl sites for hydroxylation is 2. The van der Waals surface area contributed by atoms with Crippen LogP contribution in [0.4, 0.5) is 0 Å². The zero-order valence-electron chi connectivity index (χ0n) is 14.3. The van der Waals surface area contributed by atoms with E-state index in [4.69, 9.17) is 16.3 Å². The maximum absolute atomic E-state index is 10.1. The van der Waals surface area contributed by atoms with Gasteiger partial charge in [-0.15, -0.1) is 12.4 Å². The predicted molar refractivity (Wildman–Crippen MR) is 103 cm³/mol. The monoisotopic (exact) mass is 369 g/mol. The number of hydrogen-bond donors (Lipinski definition) is 2. The van der Waals surface area contributed by atoms with Gasteiger partial charge in [-0.05, 0) is 55.7 Å². The van der Waals surface area contributed by atoms with Crippen molar-refractivity contribution in [1.82, 2.24) is 5.32 Å². The van der Waals surface area contributed by atoms with Crippen LogP contribution in [0.25, 0.3) is 0 Å². The minimum Gasteiger partial charge on any atom is -0.491 e. The third kappa shape index (κ3) is 6.33. The second-order valence-electron chi connectivity index (χ2n) is 5.92. The Morgan fingerprint density at radius 1 is 1.17 bits per heavy atom. The predicted octanol–water partition coefficient (Wildman–Crippen LogP) is 4.47. The van der Waals surface area contributed by atoms with E-state index in [0.717, 1.165) is 27.5 Å². The lowest BCUT2D eigenvalue weighted by molar-refractivity contribution is 0.104. The molecule has 2 atom stereocenters. The summed E-state index contributed by atoms with van der Waals surface area (Å²) in [6, 6.07) is 13.9. The van der Waals surface area contributed by atoms with E-state index in [9.17, 15) is 5.11 Å². The van der Waals surface area contributed by atoms with E-state index in [0.29, 0.717) is 6.54 Å². The number of halogens is 2. The highest BCUT2D eigenvalue weighted by atomic mass is 35.5. The Morgan fingerprint density at radius 2 is 1.92 bits per heavy atom. The molecule has 2 aromatic carbocycles. The van der Waals surface area contributed by atoms with Crippen molar-refractivity contribution in [2.75, 3.05) is 13.2 Å². The van der Waals surface area contributed by atoms with Crippen molar-refractivity contribution in [3.8, 4) is 5.75 Å². The SMILES string of the molecule is Cc1ccc(C)c(OCC(O)CNC(C)c2cccc(Cl)c2)c1.Cl. The molecule has 5 heteroatoms. The minimum atomic E-state index is -0.573. The highest BCUT2D eigenvalue weighted by Gasteiger charge is 2.10. The lowest BCUT2D eigenvalue weighted by atomic mass is 10.1. The molecule has 0 saturated carbocycles. The third-order valence-electron chi connectivity index (χ3n) is 3.78. The molecule has 0 bridgehead atoms. The van der Waals surface area contributed by atoms with Crippen LogP contribution in [-0.2, 0) is 0 Å². The molecule has 0 aliphatic carbocycles. The van der Waals surface area contributed by atoms with Gasteiger partial charge < -0.3 is 15.2 Å². The molecule has 0 aromatic heterocycles. The van der Waals surface area contributed by atoms with Gasteiger partial charge in [-0.25, -0.2) is 0 Å². The van der Waals surface area contributed by atoms with Crippen LogP contribution < -0.4 is 10.1 Å². The topological polar surface area (TPSA) is 41.5 Å². The Hall–Kier alpha value is -1.26. The Morgan fingerprint density at radius 3 is 2.62 bits per heavy atom. The average molecular weight is 370 g/mol. The summed E-state index contributed by atoms with van der Waals surface area (Å²) in [6.07, 6.45) is -0.573. The summed E-state index contributed by atoms with van der Waals surface area (Å²) < 4.78 is 5.73. The van der Waals surface area contributed by atoms with Crippen LogP contribution in [-0.4, -0.2) is 24.4 Å². The fraction of sp³-hybridized carbons (Fsp3) is 0.368. The number of nitrogens with one attached hydrogen (secondary N) is 1. The summed E-state index contributed by atoms with van der Waals surface area (Å²) >= 11 is 6.00. The molecule has 2 rings (SSSR count). The normalized spacial score (nSPS) is 13.0. The van der Waals surface area contributed by atoms with Crippen molar-refractivity contribution >= 4 is 24.0 Å². The highest BCUT2D eigenvalue weighted by Crippen LogP contribution is 2.19. The van der Waals surface area contributed by atoms with E-state index < -0.39 is 6.10 Å². The van der Waals surface area contributed by atoms with E-state index in [-0.39, 0.29) is 25.1 Å². The van der Waals surface area contributed by atoms with Crippen molar-refractivity contribution < 1.29 is 9.84 Å². The summed E-state index contributed by atoms with van der Waals surface area (Å²) in [4.78, 5) is 0. The Labute approximate surface area is 155 Å². The van der Waals surface area contributed by atoms with Gasteiger partial charge >= 0.3 is 0 Å². The smallest absolute Gasteiger partial charge is 0.122 e. The molecule has 0 aliphatic heterocycles. The van der Waals surface area contributed by atoms with Gasteiger partial charge in [0.05, 0.1) is 0 Å². The fourth-order valence-corrected chi connectivity index (χ4v) is 2.51. The van der Waals surface area contributed by atoms with Gasteiger partial charge in [0.25, 0.3) is 0 Å². The summed E-state index contributed by atoms with van der Waals surface area (Å²) in [7, 11) is 0. The number of ether oxygens (including phenoxy) is 1. The lowest BCUT2D eigenvalue weighted by Gasteiger charge is -2.18.